The molecular weight excluding hydrogens is 514 g/mol. The number of aryl methyl sites for hydroxylation is 2. The average molecular weight is 544 g/mol. The molecule has 0 fully saturated rings. The van der Waals surface area contributed by atoms with Crippen molar-refractivity contribution in [3.05, 3.63) is 128 Å². The molecule has 0 saturated heterocycles. The van der Waals surface area contributed by atoms with Crippen molar-refractivity contribution in [3.8, 4) is 5.75 Å². The maximum atomic E-state index is 13.5. The lowest BCUT2D eigenvalue weighted by Gasteiger charge is -2.16. The molecule has 0 spiro atoms. The summed E-state index contributed by atoms with van der Waals surface area (Å²) in [7, 11) is 0. The zero-order valence-corrected chi connectivity index (χ0v) is 22.9. The normalized spacial score (nSPS) is 11.3. The Balaban J connectivity index is 1.65. The molecule has 39 heavy (non-hydrogen) atoms. The highest BCUT2D eigenvalue weighted by atomic mass is 35.5. The number of Topliss-reactive ketones (excluding diaryl/α,β-unsaturated/α-hetero) is 1. The van der Waals surface area contributed by atoms with Crippen molar-refractivity contribution in [3.63, 3.8) is 0 Å². The maximum Gasteiger partial charge on any atom is 0.269 e. The number of rotatable bonds is 11. The Kier molecular flexibility index (Phi) is 8.94. The number of benzene rings is 3. The zero-order chi connectivity index (χ0) is 27.9. The van der Waals surface area contributed by atoms with Gasteiger partial charge >= 0.3 is 0 Å². The SMILES string of the molecule is Cc1ccc(O/N=C/c2cc(C(=O)CCc3cccc([N+](=O)[O-])c3)c(C(C)C)n2Cc2ccc(Cl)cc2)cc1. The zero-order valence-electron chi connectivity index (χ0n) is 22.1. The van der Waals surface area contributed by atoms with Crippen molar-refractivity contribution in [1.82, 2.24) is 4.57 Å². The molecule has 0 atom stereocenters. The van der Waals surface area contributed by atoms with Crippen molar-refractivity contribution in [1.29, 1.82) is 0 Å². The maximum absolute atomic E-state index is 13.5. The second-order valence-corrected chi connectivity index (χ2v) is 10.2. The Morgan fingerprint density at radius 3 is 2.44 bits per heavy atom. The first kappa shape index (κ1) is 27.8. The first-order valence-corrected chi connectivity index (χ1v) is 13.1. The molecule has 0 unspecified atom stereocenters. The van der Waals surface area contributed by atoms with Crippen molar-refractivity contribution in [2.24, 2.45) is 5.16 Å². The monoisotopic (exact) mass is 543 g/mol. The first-order valence-electron chi connectivity index (χ1n) is 12.7. The number of carbonyl (C=O) groups excluding carboxylic acids is 1. The fraction of sp³-hybridized carbons (Fsp3) is 0.226. The van der Waals surface area contributed by atoms with Crippen molar-refractivity contribution in [2.75, 3.05) is 0 Å². The van der Waals surface area contributed by atoms with Gasteiger partial charge < -0.3 is 9.40 Å². The number of hydrogen-bond donors (Lipinski definition) is 0. The number of aromatic nitrogens is 1. The van der Waals surface area contributed by atoms with E-state index in [0.29, 0.717) is 29.3 Å². The van der Waals surface area contributed by atoms with E-state index in [1.165, 1.54) is 12.1 Å². The van der Waals surface area contributed by atoms with Gasteiger partial charge in [-0.3, -0.25) is 14.9 Å². The van der Waals surface area contributed by atoms with Crippen LogP contribution < -0.4 is 4.84 Å². The van der Waals surface area contributed by atoms with Gasteiger partial charge in [-0.25, -0.2) is 0 Å². The minimum atomic E-state index is -0.427. The van der Waals surface area contributed by atoms with E-state index in [0.717, 1.165) is 28.1 Å². The molecule has 0 amide bonds. The van der Waals surface area contributed by atoms with Gasteiger partial charge in [0.05, 0.1) is 16.8 Å². The molecular formula is C31H30ClN3O4. The van der Waals surface area contributed by atoms with Gasteiger partial charge in [0, 0.05) is 41.4 Å². The largest absolute Gasteiger partial charge is 0.357 e. The predicted molar refractivity (Wildman–Crippen MR) is 154 cm³/mol. The summed E-state index contributed by atoms with van der Waals surface area (Å²) < 4.78 is 2.08. The quantitative estimate of drug-likeness (QED) is 0.0837. The highest BCUT2D eigenvalue weighted by Crippen LogP contribution is 2.27. The number of halogens is 1. The lowest BCUT2D eigenvalue weighted by atomic mass is 9.98. The Morgan fingerprint density at radius 2 is 1.77 bits per heavy atom. The van der Waals surface area contributed by atoms with Gasteiger partial charge in [0.15, 0.2) is 11.5 Å². The van der Waals surface area contributed by atoms with Gasteiger partial charge in [-0.05, 0) is 60.7 Å². The van der Waals surface area contributed by atoms with Crippen LogP contribution in [0.5, 0.6) is 5.75 Å². The van der Waals surface area contributed by atoms with Gasteiger partial charge in [0.2, 0.25) is 0 Å². The van der Waals surface area contributed by atoms with E-state index in [1.807, 2.05) is 61.5 Å². The number of carbonyl (C=O) groups is 1. The second kappa shape index (κ2) is 12.5. The van der Waals surface area contributed by atoms with Gasteiger partial charge in [-0.2, -0.15) is 0 Å². The Morgan fingerprint density at radius 1 is 1.05 bits per heavy atom. The molecule has 0 saturated carbocycles. The molecule has 0 aliphatic heterocycles. The van der Waals surface area contributed by atoms with Crippen molar-refractivity contribution >= 4 is 29.3 Å². The minimum Gasteiger partial charge on any atom is -0.357 e. The van der Waals surface area contributed by atoms with Crippen LogP contribution in [0.4, 0.5) is 5.69 Å². The second-order valence-electron chi connectivity index (χ2n) is 9.72. The average Bonchev–Trinajstić information content (AvgIpc) is 3.28. The molecule has 0 bridgehead atoms. The third-order valence-corrected chi connectivity index (χ3v) is 6.65. The van der Waals surface area contributed by atoms with Crippen LogP contribution in [0.15, 0.2) is 84.0 Å². The van der Waals surface area contributed by atoms with Crippen molar-refractivity contribution in [2.45, 2.75) is 46.1 Å². The van der Waals surface area contributed by atoms with Crippen LogP contribution in [-0.2, 0) is 13.0 Å². The highest BCUT2D eigenvalue weighted by Gasteiger charge is 2.22. The third kappa shape index (κ3) is 7.21. The summed E-state index contributed by atoms with van der Waals surface area (Å²) in [5.41, 5.74) is 5.16. The van der Waals surface area contributed by atoms with Gasteiger partial charge in [-0.15, -0.1) is 0 Å². The lowest BCUT2D eigenvalue weighted by molar-refractivity contribution is -0.384. The van der Waals surface area contributed by atoms with E-state index >= 15 is 0 Å². The summed E-state index contributed by atoms with van der Waals surface area (Å²) >= 11 is 6.10. The Bertz CT molecular complexity index is 1490. The molecule has 0 radical (unpaired) electrons. The van der Waals surface area contributed by atoms with E-state index < -0.39 is 4.92 Å². The van der Waals surface area contributed by atoms with Crippen molar-refractivity contribution < 1.29 is 14.6 Å². The van der Waals surface area contributed by atoms with E-state index in [4.69, 9.17) is 16.4 Å². The molecule has 4 aromatic rings. The molecule has 0 aliphatic rings. The van der Waals surface area contributed by atoms with Crippen LogP contribution >= 0.6 is 11.6 Å². The molecule has 8 heteroatoms. The number of ketones is 1. The molecule has 7 nitrogen and oxygen atoms in total. The molecule has 200 valence electrons. The summed E-state index contributed by atoms with van der Waals surface area (Å²) in [5.74, 6) is 0.633. The van der Waals surface area contributed by atoms with Gasteiger partial charge in [0.25, 0.3) is 5.69 Å². The summed E-state index contributed by atoms with van der Waals surface area (Å²) in [6.45, 7) is 6.62. The summed E-state index contributed by atoms with van der Waals surface area (Å²) in [5, 5.41) is 16.0. The number of nitrogens with zero attached hydrogens (tertiary/aromatic N) is 3. The minimum absolute atomic E-state index is 0.0176. The van der Waals surface area contributed by atoms with Gasteiger partial charge in [0.1, 0.15) is 0 Å². The smallest absolute Gasteiger partial charge is 0.269 e. The van der Waals surface area contributed by atoms with E-state index in [1.54, 1.807) is 18.3 Å². The Hall–Kier alpha value is -4.23. The molecule has 0 N–H and O–H groups in total. The van der Waals surface area contributed by atoms with Crippen LogP contribution in [0.3, 0.4) is 0 Å². The van der Waals surface area contributed by atoms with E-state index in [-0.39, 0.29) is 23.8 Å². The number of oxime groups is 1. The third-order valence-electron chi connectivity index (χ3n) is 6.40. The molecule has 1 heterocycles. The van der Waals surface area contributed by atoms with Crippen LogP contribution in [0.2, 0.25) is 5.02 Å². The fourth-order valence-corrected chi connectivity index (χ4v) is 4.57. The molecule has 4 rings (SSSR count). The van der Waals surface area contributed by atoms with Crippen LogP contribution in [-0.4, -0.2) is 21.5 Å². The Labute approximate surface area is 232 Å². The number of nitro benzene ring substituents is 1. The van der Waals surface area contributed by atoms with E-state index in [9.17, 15) is 14.9 Å². The topological polar surface area (TPSA) is 86.7 Å². The molecule has 0 aliphatic carbocycles. The standard InChI is InChI=1S/C31H30ClN3O4/c1-21(2)31-29(30(36)16-11-23-5-4-6-26(17-23)35(37)38)18-27(19-33-39-28-14-7-22(3)8-15-28)34(31)20-24-9-12-25(32)13-10-24/h4-10,12-15,17-19,21H,11,16,20H2,1-3H3/b33-19+. The highest BCUT2D eigenvalue weighted by molar-refractivity contribution is 6.30. The summed E-state index contributed by atoms with van der Waals surface area (Å²) in [4.78, 5) is 29.8. The van der Waals surface area contributed by atoms with Crippen LogP contribution in [0.25, 0.3) is 0 Å². The molecule has 1 aromatic heterocycles. The number of non-ortho nitro benzene ring substituents is 1. The predicted octanol–water partition coefficient (Wildman–Crippen LogP) is 7.76. The number of hydrogen-bond acceptors (Lipinski definition) is 5. The fourth-order valence-electron chi connectivity index (χ4n) is 4.44. The number of nitro groups is 1. The van der Waals surface area contributed by atoms with Crippen LogP contribution in [0, 0.1) is 17.0 Å². The summed E-state index contributed by atoms with van der Waals surface area (Å²) in [6.07, 6.45) is 2.25. The van der Waals surface area contributed by atoms with Gasteiger partial charge in [-0.1, -0.05) is 72.6 Å². The van der Waals surface area contributed by atoms with E-state index in [2.05, 4.69) is 23.6 Å². The first-order chi connectivity index (χ1) is 18.7. The molecule has 3 aromatic carbocycles. The van der Waals surface area contributed by atoms with Crippen LogP contribution in [0.1, 0.15) is 64.6 Å². The summed E-state index contributed by atoms with van der Waals surface area (Å²) in [6, 6.07) is 23.5. The lowest BCUT2D eigenvalue weighted by Crippen LogP contribution is -2.12.